The molecule has 1 atom stereocenters. The molecule has 0 aromatic heterocycles. The van der Waals surface area contributed by atoms with Gasteiger partial charge >= 0.3 is 0 Å². The highest BCUT2D eigenvalue weighted by Gasteiger charge is 2.40. The van der Waals surface area contributed by atoms with Crippen LogP contribution in [0, 0.1) is 0 Å². The van der Waals surface area contributed by atoms with Gasteiger partial charge in [0, 0.05) is 14.9 Å². The number of halogens is 2. The van der Waals surface area contributed by atoms with E-state index in [0.29, 0.717) is 4.83 Å². The van der Waals surface area contributed by atoms with E-state index in [1.165, 1.54) is 11.1 Å². The average Bonchev–Trinajstić information content (AvgIpc) is 2.49. The summed E-state index contributed by atoms with van der Waals surface area (Å²) in [6.45, 7) is 4.51. The van der Waals surface area contributed by atoms with Gasteiger partial charge in [-0.05, 0) is 23.5 Å². The molecule has 1 aromatic rings. The number of fused-ring (bicyclic) bond motifs is 1. The first-order chi connectivity index (χ1) is 7.92. The standard InChI is InChI=1S/C13H16Br2O2/c1-13(2)6-8(15)10-11(13)7(14)5-9(16-3)12(10)17-4/h5,8H,6H2,1-4H3. The van der Waals surface area contributed by atoms with E-state index >= 15 is 0 Å². The first-order valence-electron chi connectivity index (χ1n) is 5.51. The summed E-state index contributed by atoms with van der Waals surface area (Å²) in [6, 6.07) is 1.99. The number of rotatable bonds is 2. The Kier molecular flexibility index (Phi) is 3.47. The van der Waals surface area contributed by atoms with Gasteiger partial charge in [0.2, 0.25) is 0 Å². The highest BCUT2D eigenvalue weighted by Crippen LogP contribution is 2.56. The Morgan fingerprint density at radius 3 is 2.47 bits per heavy atom. The van der Waals surface area contributed by atoms with Crippen LogP contribution in [0.25, 0.3) is 0 Å². The maximum atomic E-state index is 5.52. The SMILES string of the molecule is COc1cc(Br)c2c(c1OC)C(Br)CC2(C)C. The van der Waals surface area contributed by atoms with E-state index < -0.39 is 0 Å². The van der Waals surface area contributed by atoms with Crippen LogP contribution in [0.2, 0.25) is 0 Å². The van der Waals surface area contributed by atoms with Gasteiger partial charge in [0.15, 0.2) is 11.5 Å². The number of alkyl halides is 1. The van der Waals surface area contributed by atoms with Crippen molar-refractivity contribution < 1.29 is 9.47 Å². The summed E-state index contributed by atoms with van der Waals surface area (Å²) >= 11 is 7.39. The molecule has 0 amide bonds. The quantitative estimate of drug-likeness (QED) is 0.716. The molecule has 2 rings (SSSR count). The Hall–Kier alpha value is -0.220. The van der Waals surface area contributed by atoms with Crippen LogP contribution >= 0.6 is 31.9 Å². The molecule has 0 saturated carbocycles. The zero-order valence-electron chi connectivity index (χ0n) is 10.4. The van der Waals surface area contributed by atoms with Gasteiger partial charge < -0.3 is 9.47 Å². The van der Waals surface area contributed by atoms with Crippen LogP contribution in [-0.2, 0) is 5.41 Å². The number of ether oxygens (including phenoxy) is 2. The van der Waals surface area contributed by atoms with Crippen molar-refractivity contribution in [2.24, 2.45) is 0 Å². The van der Waals surface area contributed by atoms with Gasteiger partial charge in [-0.2, -0.15) is 0 Å². The third-order valence-electron chi connectivity index (χ3n) is 3.34. The third-order valence-corrected chi connectivity index (χ3v) is 4.74. The zero-order valence-corrected chi connectivity index (χ0v) is 13.6. The van der Waals surface area contributed by atoms with Gasteiger partial charge in [-0.25, -0.2) is 0 Å². The Morgan fingerprint density at radius 1 is 1.29 bits per heavy atom. The molecule has 17 heavy (non-hydrogen) atoms. The van der Waals surface area contributed by atoms with Crippen LogP contribution in [0.4, 0.5) is 0 Å². The molecule has 0 saturated heterocycles. The maximum absolute atomic E-state index is 5.52. The molecule has 0 fully saturated rings. The predicted octanol–water partition coefficient (Wildman–Crippen LogP) is 4.58. The van der Waals surface area contributed by atoms with Crippen molar-refractivity contribution >= 4 is 31.9 Å². The molecular weight excluding hydrogens is 348 g/mol. The lowest BCUT2D eigenvalue weighted by Crippen LogP contribution is -2.13. The number of hydrogen-bond donors (Lipinski definition) is 0. The van der Waals surface area contributed by atoms with Crippen LogP contribution in [0.3, 0.4) is 0 Å². The summed E-state index contributed by atoms with van der Waals surface area (Å²) in [5.41, 5.74) is 2.67. The third kappa shape index (κ3) is 1.99. The lowest BCUT2D eigenvalue weighted by atomic mass is 9.86. The molecule has 1 aromatic carbocycles. The molecule has 2 nitrogen and oxygen atoms in total. The van der Waals surface area contributed by atoms with E-state index in [-0.39, 0.29) is 5.41 Å². The van der Waals surface area contributed by atoms with E-state index in [2.05, 4.69) is 45.7 Å². The fourth-order valence-electron chi connectivity index (χ4n) is 2.63. The molecule has 0 bridgehead atoms. The molecule has 0 aliphatic heterocycles. The van der Waals surface area contributed by atoms with E-state index in [1.807, 2.05) is 6.07 Å². The topological polar surface area (TPSA) is 18.5 Å². The zero-order chi connectivity index (χ0) is 12.8. The summed E-state index contributed by atoms with van der Waals surface area (Å²) in [6.07, 6.45) is 1.06. The summed E-state index contributed by atoms with van der Waals surface area (Å²) in [5, 5.41) is 0. The van der Waals surface area contributed by atoms with Crippen molar-refractivity contribution in [3.8, 4) is 11.5 Å². The summed E-state index contributed by atoms with van der Waals surface area (Å²) in [5.74, 6) is 1.62. The smallest absolute Gasteiger partial charge is 0.165 e. The molecule has 1 aliphatic rings. The molecule has 0 heterocycles. The molecule has 94 valence electrons. The minimum absolute atomic E-state index is 0.141. The lowest BCUT2D eigenvalue weighted by Gasteiger charge is -2.22. The molecule has 0 spiro atoms. The number of hydrogen-bond acceptors (Lipinski definition) is 2. The summed E-state index contributed by atoms with van der Waals surface area (Å²) < 4.78 is 12.0. The summed E-state index contributed by atoms with van der Waals surface area (Å²) in [4.78, 5) is 0.314. The Bertz CT molecular complexity index is 455. The first kappa shape index (κ1) is 13.2. The van der Waals surface area contributed by atoms with Crippen LogP contribution in [-0.4, -0.2) is 14.2 Å². The van der Waals surface area contributed by atoms with Crippen molar-refractivity contribution in [3.63, 3.8) is 0 Å². The highest BCUT2D eigenvalue weighted by molar-refractivity contribution is 9.10. The van der Waals surface area contributed by atoms with Gasteiger partial charge in [-0.3, -0.25) is 0 Å². The fraction of sp³-hybridized carbons (Fsp3) is 0.538. The van der Waals surface area contributed by atoms with Gasteiger partial charge in [0.25, 0.3) is 0 Å². The molecule has 1 aliphatic carbocycles. The maximum Gasteiger partial charge on any atom is 0.165 e. The Labute approximate surface area is 119 Å². The normalized spacial score (nSPS) is 21.2. The monoisotopic (exact) mass is 362 g/mol. The molecule has 1 unspecified atom stereocenters. The van der Waals surface area contributed by atoms with Crippen LogP contribution in [0.5, 0.6) is 11.5 Å². The largest absolute Gasteiger partial charge is 0.493 e. The predicted molar refractivity (Wildman–Crippen MR) is 76.6 cm³/mol. The minimum Gasteiger partial charge on any atom is -0.493 e. The molecule has 0 radical (unpaired) electrons. The van der Waals surface area contributed by atoms with E-state index in [4.69, 9.17) is 9.47 Å². The first-order valence-corrected chi connectivity index (χ1v) is 7.22. The van der Waals surface area contributed by atoms with Crippen LogP contribution < -0.4 is 9.47 Å². The van der Waals surface area contributed by atoms with Crippen molar-refractivity contribution in [1.29, 1.82) is 0 Å². The Morgan fingerprint density at radius 2 is 1.94 bits per heavy atom. The second-order valence-electron chi connectivity index (χ2n) is 4.94. The van der Waals surface area contributed by atoms with Gasteiger partial charge in [0.05, 0.1) is 14.2 Å². The van der Waals surface area contributed by atoms with Crippen molar-refractivity contribution in [3.05, 3.63) is 21.7 Å². The van der Waals surface area contributed by atoms with Crippen molar-refractivity contribution in [2.45, 2.75) is 30.5 Å². The van der Waals surface area contributed by atoms with Gasteiger partial charge in [-0.1, -0.05) is 45.7 Å². The molecular formula is C13H16Br2O2. The second kappa shape index (κ2) is 4.47. The minimum atomic E-state index is 0.141. The van der Waals surface area contributed by atoms with Gasteiger partial charge in [0.1, 0.15) is 0 Å². The fourth-order valence-corrected chi connectivity index (χ4v) is 4.83. The van der Waals surface area contributed by atoms with E-state index in [9.17, 15) is 0 Å². The summed E-state index contributed by atoms with van der Waals surface area (Å²) in [7, 11) is 3.36. The van der Waals surface area contributed by atoms with Crippen molar-refractivity contribution in [1.82, 2.24) is 0 Å². The van der Waals surface area contributed by atoms with Gasteiger partial charge in [-0.15, -0.1) is 0 Å². The number of benzene rings is 1. The van der Waals surface area contributed by atoms with E-state index in [0.717, 1.165) is 22.4 Å². The molecule has 4 heteroatoms. The average molecular weight is 364 g/mol. The van der Waals surface area contributed by atoms with Crippen molar-refractivity contribution in [2.75, 3.05) is 14.2 Å². The highest BCUT2D eigenvalue weighted by atomic mass is 79.9. The second-order valence-corrected chi connectivity index (χ2v) is 6.90. The molecule has 0 N–H and O–H groups in total. The Balaban J connectivity index is 2.76. The van der Waals surface area contributed by atoms with Crippen LogP contribution in [0.15, 0.2) is 10.5 Å². The van der Waals surface area contributed by atoms with E-state index in [1.54, 1.807) is 14.2 Å². The lowest BCUT2D eigenvalue weighted by molar-refractivity contribution is 0.351. The number of methoxy groups -OCH3 is 2. The van der Waals surface area contributed by atoms with Crippen LogP contribution in [0.1, 0.15) is 36.2 Å².